The third-order valence-electron chi connectivity index (χ3n) is 5.50. The second-order valence-electron chi connectivity index (χ2n) is 7.73. The van der Waals surface area contributed by atoms with Gasteiger partial charge in [-0.15, -0.1) is 0 Å². The van der Waals surface area contributed by atoms with Crippen molar-refractivity contribution in [2.75, 3.05) is 0 Å². The summed E-state index contributed by atoms with van der Waals surface area (Å²) in [5, 5.41) is 13.3. The highest BCUT2D eigenvalue weighted by atomic mass is 32.2. The molecule has 29 heavy (non-hydrogen) atoms. The maximum absolute atomic E-state index is 13.0. The van der Waals surface area contributed by atoms with E-state index in [4.69, 9.17) is 0 Å². The number of unbranched alkanes of at least 4 members (excludes halogenated alkanes) is 1. The number of hydrogen-bond donors (Lipinski definition) is 1. The van der Waals surface area contributed by atoms with E-state index in [1.807, 2.05) is 18.2 Å². The van der Waals surface area contributed by atoms with E-state index in [1.54, 1.807) is 17.6 Å². The van der Waals surface area contributed by atoms with Gasteiger partial charge in [-0.1, -0.05) is 56.5 Å². The van der Waals surface area contributed by atoms with Crippen molar-refractivity contribution in [1.29, 1.82) is 5.26 Å². The largest absolute Gasteiger partial charge is 0.337 e. The SMILES string of the molecule is CCCCn1c(S[C@@H](C)C(=O)NC2(C#N)CCCCC2)nc2ccccc2c1=O. The molecule has 1 aliphatic carbocycles. The molecule has 0 saturated heterocycles. The Morgan fingerprint density at radius 2 is 2.07 bits per heavy atom. The van der Waals surface area contributed by atoms with Gasteiger partial charge >= 0.3 is 0 Å². The average Bonchev–Trinajstić information content (AvgIpc) is 2.74. The number of hydrogen-bond acceptors (Lipinski definition) is 5. The number of benzene rings is 1. The minimum Gasteiger partial charge on any atom is -0.337 e. The van der Waals surface area contributed by atoms with E-state index in [2.05, 4.69) is 23.3 Å². The van der Waals surface area contributed by atoms with Gasteiger partial charge in [-0.3, -0.25) is 14.2 Å². The second kappa shape index (κ2) is 9.45. The Morgan fingerprint density at radius 1 is 1.34 bits per heavy atom. The molecule has 1 heterocycles. The molecule has 1 aromatic heterocycles. The van der Waals surface area contributed by atoms with Crippen LogP contribution >= 0.6 is 11.8 Å². The van der Waals surface area contributed by atoms with E-state index in [9.17, 15) is 14.9 Å². The zero-order valence-corrected chi connectivity index (χ0v) is 17.9. The van der Waals surface area contributed by atoms with Crippen LogP contribution in [0.1, 0.15) is 58.8 Å². The highest BCUT2D eigenvalue weighted by molar-refractivity contribution is 8.00. The third-order valence-corrected chi connectivity index (χ3v) is 6.59. The zero-order valence-electron chi connectivity index (χ0n) is 17.1. The predicted octanol–water partition coefficient (Wildman–Crippen LogP) is 4.02. The first-order chi connectivity index (χ1) is 14.0. The lowest BCUT2D eigenvalue weighted by Gasteiger charge is -2.32. The summed E-state index contributed by atoms with van der Waals surface area (Å²) in [5.74, 6) is -0.178. The number of amides is 1. The lowest BCUT2D eigenvalue weighted by molar-refractivity contribution is -0.121. The number of carbonyl (C=O) groups is 1. The molecule has 0 radical (unpaired) electrons. The number of nitrogens with zero attached hydrogens (tertiary/aromatic N) is 3. The molecule has 2 aromatic rings. The average molecular weight is 413 g/mol. The summed E-state index contributed by atoms with van der Waals surface area (Å²) in [6.07, 6.45) is 6.24. The van der Waals surface area contributed by atoms with Gasteiger partial charge in [0.2, 0.25) is 5.91 Å². The fourth-order valence-electron chi connectivity index (χ4n) is 3.72. The standard InChI is InChI=1S/C22H28N4O2S/c1-3-4-14-26-20(28)17-10-6-7-11-18(17)24-21(26)29-16(2)19(27)25-22(15-23)12-8-5-9-13-22/h6-7,10-11,16H,3-5,8-9,12-14H2,1-2H3,(H,25,27)/t16-/m0/s1. The number of nitriles is 1. The molecule has 154 valence electrons. The number of aromatic nitrogens is 2. The number of para-hydroxylation sites is 1. The molecule has 0 unspecified atom stereocenters. The fourth-order valence-corrected chi connectivity index (χ4v) is 4.65. The van der Waals surface area contributed by atoms with Crippen molar-refractivity contribution >= 4 is 28.6 Å². The molecular formula is C22H28N4O2S. The van der Waals surface area contributed by atoms with Crippen molar-refractivity contribution in [2.45, 2.75) is 81.3 Å². The maximum Gasteiger partial charge on any atom is 0.262 e. The van der Waals surface area contributed by atoms with E-state index in [-0.39, 0.29) is 11.5 Å². The molecule has 6 nitrogen and oxygen atoms in total. The van der Waals surface area contributed by atoms with Gasteiger partial charge in [0.1, 0.15) is 5.54 Å². The van der Waals surface area contributed by atoms with Crippen molar-refractivity contribution in [2.24, 2.45) is 0 Å². The van der Waals surface area contributed by atoms with Crippen LogP contribution in [0.5, 0.6) is 0 Å². The van der Waals surface area contributed by atoms with E-state index in [1.165, 1.54) is 11.8 Å². The summed E-state index contributed by atoms with van der Waals surface area (Å²) in [5.41, 5.74) is -0.191. The van der Waals surface area contributed by atoms with Gasteiger partial charge in [-0.2, -0.15) is 5.26 Å². The van der Waals surface area contributed by atoms with Crippen LogP contribution in [0.2, 0.25) is 0 Å². The third kappa shape index (κ3) is 4.81. The van der Waals surface area contributed by atoms with Crippen LogP contribution in [0.4, 0.5) is 0 Å². The predicted molar refractivity (Wildman–Crippen MR) is 116 cm³/mol. The summed E-state index contributed by atoms with van der Waals surface area (Å²) in [6, 6.07) is 9.63. The van der Waals surface area contributed by atoms with Crippen LogP contribution in [0.3, 0.4) is 0 Å². The molecule has 3 rings (SSSR count). The molecule has 1 saturated carbocycles. The molecule has 0 bridgehead atoms. The highest BCUT2D eigenvalue weighted by Gasteiger charge is 2.35. The van der Waals surface area contributed by atoms with Crippen molar-refractivity contribution in [1.82, 2.24) is 14.9 Å². The van der Waals surface area contributed by atoms with Crippen molar-refractivity contribution in [3.63, 3.8) is 0 Å². The van der Waals surface area contributed by atoms with Crippen LogP contribution in [0.15, 0.2) is 34.2 Å². The maximum atomic E-state index is 13.0. The van der Waals surface area contributed by atoms with Gasteiger partial charge in [0.15, 0.2) is 5.16 Å². The van der Waals surface area contributed by atoms with Crippen LogP contribution in [0, 0.1) is 11.3 Å². The summed E-state index contributed by atoms with van der Waals surface area (Å²) < 4.78 is 1.68. The zero-order chi connectivity index (χ0) is 20.9. The van der Waals surface area contributed by atoms with Crippen molar-refractivity contribution in [3.8, 4) is 6.07 Å². The normalized spacial score (nSPS) is 16.9. The molecular weight excluding hydrogens is 384 g/mol. The second-order valence-corrected chi connectivity index (χ2v) is 9.03. The fraction of sp³-hybridized carbons (Fsp3) is 0.545. The van der Waals surface area contributed by atoms with Gasteiger partial charge in [-0.25, -0.2) is 4.98 Å². The minimum absolute atomic E-state index is 0.0695. The molecule has 1 amide bonds. The van der Waals surface area contributed by atoms with Gasteiger partial charge in [0.25, 0.3) is 5.56 Å². The van der Waals surface area contributed by atoms with Gasteiger partial charge in [-0.05, 0) is 38.3 Å². The van der Waals surface area contributed by atoms with Crippen LogP contribution in [0.25, 0.3) is 10.9 Å². The summed E-state index contributed by atoms with van der Waals surface area (Å²) in [7, 11) is 0. The lowest BCUT2D eigenvalue weighted by Crippen LogP contribution is -2.51. The molecule has 1 atom stereocenters. The first-order valence-corrected chi connectivity index (χ1v) is 11.3. The molecule has 0 spiro atoms. The number of carbonyl (C=O) groups excluding carboxylic acids is 1. The van der Waals surface area contributed by atoms with Crippen LogP contribution < -0.4 is 10.9 Å². The molecule has 1 aliphatic rings. The van der Waals surface area contributed by atoms with Gasteiger partial charge < -0.3 is 5.32 Å². The number of thioether (sulfide) groups is 1. The van der Waals surface area contributed by atoms with Crippen molar-refractivity contribution in [3.05, 3.63) is 34.6 Å². The Morgan fingerprint density at radius 3 is 2.76 bits per heavy atom. The van der Waals surface area contributed by atoms with Crippen LogP contribution in [-0.2, 0) is 11.3 Å². The monoisotopic (exact) mass is 412 g/mol. The van der Waals surface area contributed by atoms with Crippen LogP contribution in [-0.4, -0.2) is 26.2 Å². The van der Waals surface area contributed by atoms with Crippen molar-refractivity contribution < 1.29 is 4.79 Å². The Hall–Kier alpha value is -2.33. The summed E-state index contributed by atoms with van der Waals surface area (Å²) >= 11 is 1.29. The molecule has 1 fully saturated rings. The Labute approximate surface area is 175 Å². The summed E-state index contributed by atoms with van der Waals surface area (Å²) in [6.45, 7) is 4.46. The molecule has 1 aromatic carbocycles. The smallest absolute Gasteiger partial charge is 0.262 e. The Bertz CT molecular complexity index is 973. The van der Waals surface area contributed by atoms with E-state index in [0.29, 0.717) is 35.4 Å². The molecule has 7 heteroatoms. The Balaban J connectivity index is 1.85. The molecule has 0 aliphatic heterocycles. The first-order valence-electron chi connectivity index (χ1n) is 10.4. The van der Waals surface area contributed by atoms with Gasteiger partial charge in [0.05, 0.1) is 22.2 Å². The number of fused-ring (bicyclic) bond motifs is 1. The molecule has 1 N–H and O–H groups in total. The number of nitrogens with one attached hydrogen (secondary N) is 1. The number of rotatable bonds is 7. The van der Waals surface area contributed by atoms with E-state index in [0.717, 1.165) is 32.1 Å². The van der Waals surface area contributed by atoms with E-state index < -0.39 is 10.8 Å². The lowest BCUT2D eigenvalue weighted by atomic mass is 9.83. The topological polar surface area (TPSA) is 87.8 Å². The Kier molecular flexibility index (Phi) is 6.96. The first kappa shape index (κ1) is 21.4. The van der Waals surface area contributed by atoms with E-state index >= 15 is 0 Å². The summed E-state index contributed by atoms with van der Waals surface area (Å²) in [4.78, 5) is 30.5. The highest BCUT2D eigenvalue weighted by Crippen LogP contribution is 2.29. The minimum atomic E-state index is -0.761. The quantitative estimate of drug-likeness (QED) is 0.548. The van der Waals surface area contributed by atoms with Gasteiger partial charge in [0, 0.05) is 6.54 Å².